The van der Waals surface area contributed by atoms with Crippen LogP contribution >= 0.6 is 0 Å². The molecule has 0 aliphatic rings. The number of rotatable bonds is 6. The molecule has 0 fully saturated rings. The van der Waals surface area contributed by atoms with Crippen LogP contribution in [0.5, 0.6) is 0 Å². The molecule has 0 saturated heterocycles. The molecule has 1 aromatic rings. The third kappa shape index (κ3) is 5.33. The molecule has 16 heavy (non-hydrogen) atoms. The van der Waals surface area contributed by atoms with Gasteiger partial charge in [-0.15, -0.1) is 0 Å². The number of benzene rings is 1. The molecule has 0 heterocycles. The minimum Gasteiger partial charge on any atom is -0.370 e. The summed E-state index contributed by atoms with van der Waals surface area (Å²) >= 11 is 0. The first-order chi connectivity index (χ1) is 7.68. The zero-order valence-electron chi connectivity index (χ0n) is 9.26. The van der Waals surface area contributed by atoms with Gasteiger partial charge in [0.1, 0.15) is 0 Å². The Labute approximate surface area is 95.7 Å². The van der Waals surface area contributed by atoms with Crippen LogP contribution in [0, 0.1) is 0 Å². The lowest BCUT2D eigenvalue weighted by Gasteiger charge is -2.10. The van der Waals surface area contributed by atoms with Crippen molar-refractivity contribution < 1.29 is 0 Å². The minimum absolute atomic E-state index is 0.0641. The van der Waals surface area contributed by atoms with Gasteiger partial charge in [-0.2, -0.15) is 0 Å². The van der Waals surface area contributed by atoms with E-state index in [0.29, 0.717) is 13.1 Å². The molecule has 0 radical (unpaired) electrons. The predicted molar refractivity (Wildman–Crippen MR) is 66.8 cm³/mol. The third-order valence-corrected chi connectivity index (χ3v) is 2.09. The first-order valence-corrected chi connectivity index (χ1v) is 5.24. The minimum atomic E-state index is -0.0641. The van der Waals surface area contributed by atoms with Crippen LogP contribution in [0.15, 0.2) is 35.3 Å². The average molecular weight is 221 g/mol. The van der Waals surface area contributed by atoms with E-state index in [4.69, 9.17) is 17.2 Å². The van der Waals surface area contributed by atoms with Crippen LogP contribution in [0.1, 0.15) is 5.56 Å². The number of nitrogens with one attached hydrogen (secondary N) is 1. The first-order valence-electron chi connectivity index (χ1n) is 5.24. The van der Waals surface area contributed by atoms with E-state index < -0.39 is 0 Å². The molecule has 7 N–H and O–H groups in total. The molecular formula is C11H19N5. The smallest absolute Gasteiger partial charge is 0.185 e. The fourth-order valence-electron chi connectivity index (χ4n) is 1.28. The van der Waals surface area contributed by atoms with Gasteiger partial charge in [-0.05, 0) is 5.56 Å². The Morgan fingerprint density at radius 1 is 1.25 bits per heavy atom. The number of nitrogens with two attached hydrogens (primary N) is 3. The van der Waals surface area contributed by atoms with Crippen molar-refractivity contribution in [3.63, 3.8) is 0 Å². The summed E-state index contributed by atoms with van der Waals surface area (Å²) in [5, 5.41) is 3.25. The van der Waals surface area contributed by atoms with Crippen LogP contribution in [0.4, 0.5) is 0 Å². The van der Waals surface area contributed by atoms with Crippen LogP contribution in [0.3, 0.4) is 0 Å². The lowest BCUT2D eigenvalue weighted by atomic mass is 10.2. The highest BCUT2D eigenvalue weighted by Gasteiger charge is 2.00. The third-order valence-electron chi connectivity index (χ3n) is 2.09. The highest BCUT2D eigenvalue weighted by molar-refractivity contribution is 5.75. The zero-order chi connectivity index (χ0) is 11.8. The standard InChI is InChI=1S/C11H19N5/c12-10(8-16-11(13)14)7-15-6-9-4-2-1-3-5-9/h1-5,10,15H,6-8,12H2,(H4,13,14,16). The van der Waals surface area contributed by atoms with Gasteiger partial charge in [0.15, 0.2) is 5.96 Å². The number of nitrogens with zero attached hydrogens (tertiary/aromatic N) is 1. The van der Waals surface area contributed by atoms with Crippen molar-refractivity contribution in [1.29, 1.82) is 0 Å². The van der Waals surface area contributed by atoms with Crippen molar-refractivity contribution in [2.75, 3.05) is 13.1 Å². The molecule has 1 rings (SSSR count). The van der Waals surface area contributed by atoms with E-state index in [1.165, 1.54) is 5.56 Å². The largest absolute Gasteiger partial charge is 0.370 e. The van der Waals surface area contributed by atoms with Gasteiger partial charge >= 0.3 is 0 Å². The van der Waals surface area contributed by atoms with Gasteiger partial charge in [0.05, 0.1) is 6.54 Å². The van der Waals surface area contributed by atoms with Crippen molar-refractivity contribution in [2.24, 2.45) is 22.2 Å². The molecule has 88 valence electrons. The molecule has 0 aliphatic heterocycles. The Bertz CT molecular complexity index is 318. The summed E-state index contributed by atoms with van der Waals surface area (Å²) in [6.07, 6.45) is 0. The highest BCUT2D eigenvalue weighted by atomic mass is 15.0. The van der Waals surface area contributed by atoms with Gasteiger partial charge in [0.2, 0.25) is 0 Å². The molecule has 1 aromatic carbocycles. The molecule has 1 unspecified atom stereocenters. The summed E-state index contributed by atoms with van der Waals surface area (Å²) in [5.41, 5.74) is 17.5. The molecule has 0 amide bonds. The van der Waals surface area contributed by atoms with Crippen LogP contribution in [-0.2, 0) is 6.54 Å². The number of hydrogen-bond donors (Lipinski definition) is 4. The summed E-state index contributed by atoms with van der Waals surface area (Å²) in [5.74, 6) is 0.0820. The predicted octanol–water partition coefficient (Wildman–Crippen LogP) is -0.623. The molecule has 0 spiro atoms. The average Bonchev–Trinajstić information content (AvgIpc) is 2.28. The van der Waals surface area contributed by atoms with Crippen LogP contribution in [-0.4, -0.2) is 25.1 Å². The number of guanidine groups is 1. The Balaban J connectivity index is 2.18. The van der Waals surface area contributed by atoms with E-state index in [9.17, 15) is 0 Å². The Morgan fingerprint density at radius 3 is 2.56 bits per heavy atom. The van der Waals surface area contributed by atoms with Gasteiger partial charge in [0.25, 0.3) is 0 Å². The van der Waals surface area contributed by atoms with Gasteiger partial charge in [-0.1, -0.05) is 30.3 Å². The summed E-state index contributed by atoms with van der Waals surface area (Å²) < 4.78 is 0. The molecule has 0 aromatic heterocycles. The summed E-state index contributed by atoms with van der Waals surface area (Å²) in [4.78, 5) is 3.86. The Morgan fingerprint density at radius 2 is 1.94 bits per heavy atom. The maximum atomic E-state index is 5.81. The molecule has 1 atom stereocenters. The van der Waals surface area contributed by atoms with E-state index >= 15 is 0 Å². The summed E-state index contributed by atoms with van der Waals surface area (Å²) in [7, 11) is 0. The monoisotopic (exact) mass is 221 g/mol. The topological polar surface area (TPSA) is 102 Å². The first kappa shape index (κ1) is 12.5. The normalized spacial score (nSPS) is 12.1. The molecule has 0 bridgehead atoms. The Kier molecular flexibility index (Phi) is 5.31. The molecule has 0 aliphatic carbocycles. The fraction of sp³-hybridized carbons (Fsp3) is 0.364. The summed E-state index contributed by atoms with van der Waals surface area (Å²) in [6, 6.07) is 10.1. The molecule has 5 nitrogen and oxygen atoms in total. The van der Waals surface area contributed by atoms with Gasteiger partial charge in [-0.3, -0.25) is 4.99 Å². The van der Waals surface area contributed by atoms with Crippen molar-refractivity contribution in [3.05, 3.63) is 35.9 Å². The second-order valence-corrected chi connectivity index (χ2v) is 3.64. The lowest BCUT2D eigenvalue weighted by molar-refractivity contribution is 0.582. The van der Waals surface area contributed by atoms with E-state index in [-0.39, 0.29) is 12.0 Å². The van der Waals surface area contributed by atoms with Crippen molar-refractivity contribution in [2.45, 2.75) is 12.6 Å². The van der Waals surface area contributed by atoms with E-state index in [0.717, 1.165) is 6.54 Å². The van der Waals surface area contributed by atoms with Crippen molar-refractivity contribution >= 4 is 5.96 Å². The molecule has 0 saturated carbocycles. The van der Waals surface area contributed by atoms with Crippen LogP contribution < -0.4 is 22.5 Å². The molecular weight excluding hydrogens is 202 g/mol. The van der Waals surface area contributed by atoms with Gasteiger partial charge in [-0.25, -0.2) is 0 Å². The number of aliphatic imine (C=N–C) groups is 1. The maximum absolute atomic E-state index is 5.81. The van der Waals surface area contributed by atoms with Gasteiger partial charge < -0.3 is 22.5 Å². The lowest BCUT2D eigenvalue weighted by Crippen LogP contribution is -2.37. The van der Waals surface area contributed by atoms with E-state index in [1.807, 2.05) is 18.2 Å². The quantitative estimate of drug-likeness (QED) is 0.379. The van der Waals surface area contributed by atoms with Crippen LogP contribution in [0.25, 0.3) is 0 Å². The van der Waals surface area contributed by atoms with Gasteiger partial charge in [0, 0.05) is 19.1 Å². The van der Waals surface area contributed by atoms with E-state index in [1.54, 1.807) is 0 Å². The van der Waals surface area contributed by atoms with Crippen LogP contribution in [0.2, 0.25) is 0 Å². The summed E-state index contributed by atoms with van der Waals surface area (Å²) in [6.45, 7) is 1.94. The highest BCUT2D eigenvalue weighted by Crippen LogP contribution is 1.96. The fourth-order valence-corrected chi connectivity index (χ4v) is 1.28. The number of hydrogen-bond acceptors (Lipinski definition) is 3. The SMILES string of the molecule is NC(N)=NCC(N)CNCc1ccccc1. The second-order valence-electron chi connectivity index (χ2n) is 3.64. The Hall–Kier alpha value is -1.59. The second kappa shape index (κ2) is 6.81. The van der Waals surface area contributed by atoms with Crippen molar-refractivity contribution in [1.82, 2.24) is 5.32 Å². The maximum Gasteiger partial charge on any atom is 0.185 e. The van der Waals surface area contributed by atoms with E-state index in [2.05, 4.69) is 22.4 Å². The molecule has 5 heteroatoms. The zero-order valence-corrected chi connectivity index (χ0v) is 9.26. The van der Waals surface area contributed by atoms with Crippen molar-refractivity contribution in [3.8, 4) is 0 Å².